The van der Waals surface area contributed by atoms with Gasteiger partial charge in [0.1, 0.15) is 18.1 Å². The normalized spacial score (nSPS) is 18.1. The van der Waals surface area contributed by atoms with Crippen LogP contribution in [0.25, 0.3) is 11.3 Å². The molecule has 1 unspecified atom stereocenters. The molecule has 1 fully saturated rings. The summed E-state index contributed by atoms with van der Waals surface area (Å²) in [5, 5.41) is 9.07. The third-order valence-electron chi connectivity index (χ3n) is 5.83. The van der Waals surface area contributed by atoms with Crippen LogP contribution in [0.4, 0.5) is 0 Å². The molecular weight excluding hydrogens is 434 g/mol. The van der Waals surface area contributed by atoms with E-state index in [9.17, 15) is 4.79 Å². The second-order valence-electron chi connectivity index (χ2n) is 8.42. The minimum absolute atomic E-state index is 0.0779. The molecule has 4 rings (SSSR count). The zero-order valence-electron chi connectivity index (χ0n) is 19.7. The summed E-state index contributed by atoms with van der Waals surface area (Å²) in [5.74, 6) is 1.13. The molecule has 1 aliphatic heterocycles. The Hall–Kier alpha value is -3.58. The number of pyridine rings is 1. The van der Waals surface area contributed by atoms with Crippen molar-refractivity contribution < 1.29 is 28.8 Å². The van der Waals surface area contributed by atoms with Crippen molar-refractivity contribution >= 4 is 5.97 Å². The molecule has 0 radical (unpaired) electrons. The number of hydrogen-bond acceptors (Lipinski definition) is 6. The van der Waals surface area contributed by atoms with Gasteiger partial charge in [-0.3, -0.25) is 4.79 Å². The molecule has 7 nitrogen and oxygen atoms in total. The van der Waals surface area contributed by atoms with E-state index in [4.69, 9.17) is 29.0 Å². The lowest BCUT2D eigenvalue weighted by Gasteiger charge is -2.14. The fourth-order valence-electron chi connectivity index (χ4n) is 4.28. The zero-order chi connectivity index (χ0) is 24.1. The standard InChI is InChI=1S/C27H29NO6/c1-17-11-21(32-10-9-31-3)12-18(2)27(17)23-5-4-6-25(28-23)34-15-19-7-8-22-20(14-26(29)30)16-33-24(22)13-19/h4-6,8,11-13,15,20H,7,9-10,14,16H2,1-3H3,(H,29,30). The van der Waals surface area contributed by atoms with Gasteiger partial charge in [0, 0.05) is 24.7 Å². The number of aromatic nitrogens is 1. The summed E-state index contributed by atoms with van der Waals surface area (Å²) in [6.07, 6.45) is 6.34. The number of carboxylic acid groups (broad SMARTS) is 1. The molecule has 0 amide bonds. The predicted molar refractivity (Wildman–Crippen MR) is 128 cm³/mol. The van der Waals surface area contributed by atoms with Gasteiger partial charge in [0.15, 0.2) is 0 Å². The lowest BCUT2D eigenvalue weighted by molar-refractivity contribution is -0.137. The van der Waals surface area contributed by atoms with Crippen LogP contribution >= 0.6 is 0 Å². The van der Waals surface area contributed by atoms with Crippen LogP contribution in [-0.4, -0.2) is 43.0 Å². The highest BCUT2D eigenvalue weighted by atomic mass is 16.5. The van der Waals surface area contributed by atoms with Crippen LogP contribution in [0.1, 0.15) is 24.0 Å². The summed E-state index contributed by atoms with van der Waals surface area (Å²) in [6, 6.07) is 9.72. The number of allylic oxidation sites excluding steroid dienone is 4. The van der Waals surface area contributed by atoms with Crippen LogP contribution in [0.5, 0.6) is 11.6 Å². The van der Waals surface area contributed by atoms with E-state index in [0.717, 1.165) is 45.0 Å². The molecule has 2 aliphatic rings. The third-order valence-corrected chi connectivity index (χ3v) is 5.83. The van der Waals surface area contributed by atoms with Gasteiger partial charge in [-0.15, -0.1) is 0 Å². The Morgan fingerprint density at radius 1 is 1.24 bits per heavy atom. The maximum atomic E-state index is 11.0. The summed E-state index contributed by atoms with van der Waals surface area (Å²) in [6.45, 7) is 5.53. The Bertz CT molecular complexity index is 1140. The number of benzene rings is 1. The van der Waals surface area contributed by atoms with Crippen LogP contribution in [-0.2, 0) is 14.3 Å². The number of aliphatic carboxylic acids is 1. The van der Waals surface area contributed by atoms with Gasteiger partial charge in [-0.2, -0.15) is 0 Å². The number of hydrogen-bond donors (Lipinski definition) is 1. The first-order valence-electron chi connectivity index (χ1n) is 11.3. The minimum Gasteiger partial charge on any atom is -0.493 e. The highest BCUT2D eigenvalue weighted by molar-refractivity contribution is 5.69. The molecule has 0 spiro atoms. The quantitative estimate of drug-likeness (QED) is 0.414. The van der Waals surface area contributed by atoms with Gasteiger partial charge < -0.3 is 24.1 Å². The van der Waals surface area contributed by atoms with E-state index in [0.29, 0.717) is 32.1 Å². The van der Waals surface area contributed by atoms with Gasteiger partial charge in [0.05, 0.1) is 31.6 Å². The van der Waals surface area contributed by atoms with Gasteiger partial charge in [-0.25, -0.2) is 4.98 Å². The number of rotatable bonds is 9. The Balaban J connectivity index is 1.47. The first-order chi connectivity index (χ1) is 16.4. The molecule has 1 N–H and O–H groups in total. The van der Waals surface area contributed by atoms with Crippen LogP contribution in [0.3, 0.4) is 0 Å². The smallest absolute Gasteiger partial charge is 0.304 e. The van der Waals surface area contributed by atoms with E-state index >= 15 is 0 Å². The second-order valence-corrected chi connectivity index (χ2v) is 8.42. The molecular formula is C27H29NO6. The van der Waals surface area contributed by atoms with E-state index < -0.39 is 5.97 Å². The van der Waals surface area contributed by atoms with Gasteiger partial charge in [-0.1, -0.05) is 12.1 Å². The van der Waals surface area contributed by atoms with Gasteiger partial charge in [0.2, 0.25) is 5.88 Å². The average Bonchev–Trinajstić information content (AvgIpc) is 3.19. The Morgan fingerprint density at radius 3 is 2.76 bits per heavy atom. The Morgan fingerprint density at radius 2 is 2.03 bits per heavy atom. The molecule has 34 heavy (non-hydrogen) atoms. The molecule has 2 aromatic rings. The molecule has 1 aromatic heterocycles. The average molecular weight is 464 g/mol. The van der Waals surface area contributed by atoms with Crippen molar-refractivity contribution in [1.82, 2.24) is 4.98 Å². The molecule has 2 heterocycles. The summed E-state index contributed by atoms with van der Waals surface area (Å²) < 4.78 is 22.4. The third kappa shape index (κ3) is 5.48. The van der Waals surface area contributed by atoms with Crippen LogP contribution in [0.2, 0.25) is 0 Å². The fraction of sp³-hybridized carbons (Fsp3) is 0.333. The number of carbonyl (C=O) groups is 1. The molecule has 0 bridgehead atoms. The molecule has 1 aliphatic carbocycles. The maximum absolute atomic E-state index is 11.0. The van der Waals surface area contributed by atoms with E-state index in [1.807, 2.05) is 56.3 Å². The SMILES string of the molecule is COCCOc1cc(C)c(-c2cccc(OC=C3C=C4OCC(CC(=O)O)C4=CC3)n2)c(C)c1. The first kappa shape index (κ1) is 23.6. The number of methoxy groups -OCH3 is 1. The van der Waals surface area contributed by atoms with Crippen molar-refractivity contribution in [3.8, 4) is 22.9 Å². The highest BCUT2D eigenvalue weighted by Crippen LogP contribution is 2.37. The van der Waals surface area contributed by atoms with Gasteiger partial charge in [-0.05, 0) is 66.8 Å². The van der Waals surface area contributed by atoms with Crippen LogP contribution in [0.15, 0.2) is 65.7 Å². The van der Waals surface area contributed by atoms with E-state index in [2.05, 4.69) is 0 Å². The summed E-state index contributed by atoms with van der Waals surface area (Å²) >= 11 is 0. The lowest BCUT2D eigenvalue weighted by atomic mass is 9.92. The van der Waals surface area contributed by atoms with Crippen molar-refractivity contribution in [3.05, 3.63) is 76.8 Å². The molecule has 1 aromatic carbocycles. The minimum atomic E-state index is -0.815. The van der Waals surface area contributed by atoms with Crippen molar-refractivity contribution in [2.24, 2.45) is 5.92 Å². The van der Waals surface area contributed by atoms with E-state index in [1.165, 1.54) is 0 Å². The van der Waals surface area contributed by atoms with Crippen LogP contribution < -0.4 is 9.47 Å². The largest absolute Gasteiger partial charge is 0.493 e. The van der Waals surface area contributed by atoms with E-state index in [1.54, 1.807) is 13.4 Å². The predicted octanol–water partition coefficient (Wildman–Crippen LogP) is 4.99. The fourth-order valence-corrected chi connectivity index (χ4v) is 4.28. The maximum Gasteiger partial charge on any atom is 0.304 e. The van der Waals surface area contributed by atoms with Crippen molar-refractivity contribution in [2.75, 3.05) is 26.9 Å². The topological polar surface area (TPSA) is 87.1 Å². The first-order valence-corrected chi connectivity index (χ1v) is 11.3. The molecule has 1 atom stereocenters. The number of ether oxygens (including phenoxy) is 4. The summed E-state index contributed by atoms with van der Waals surface area (Å²) in [4.78, 5) is 15.7. The van der Waals surface area contributed by atoms with Crippen molar-refractivity contribution in [3.63, 3.8) is 0 Å². The number of aryl methyl sites for hydroxylation is 2. The summed E-state index contributed by atoms with van der Waals surface area (Å²) in [5.41, 5.74) is 5.92. The lowest BCUT2D eigenvalue weighted by Crippen LogP contribution is -2.09. The molecule has 178 valence electrons. The molecule has 0 saturated carbocycles. The second kappa shape index (κ2) is 10.6. The highest BCUT2D eigenvalue weighted by Gasteiger charge is 2.30. The monoisotopic (exact) mass is 463 g/mol. The molecule has 7 heteroatoms. The van der Waals surface area contributed by atoms with Crippen molar-refractivity contribution in [2.45, 2.75) is 26.7 Å². The van der Waals surface area contributed by atoms with Gasteiger partial charge >= 0.3 is 5.97 Å². The number of fused-ring (bicyclic) bond motifs is 1. The van der Waals surface area contributed by atoms with Gasteiger partial charge in [0.25, 0.3) is 0 Å². The van der Waals surface area contributed by atoms with E-state index in [-0.39, 0.29) is 12.3 Å². The van der Waals surface area contributed by atoms with Crippen molar-refractivity contribution in [1.29, 1.82) is 0 Å². The number of carboxylic acids is 1. The van der Waals surface area contributed by atoms with Crippen LogP contribution in [0, 0.1) is 19.8 Å². The zero-order valence-corrected chi connectivity index (χ0v) is 19.7. The summed E-state index contributed by atoms with van der Waals surface area (Å²) in [7, 11) is 1.65. The number of nitrogens with zero attached hydrogens (tertiary/aromatic N) is 1. The molecule has 1 saturated heterocycles. The Kier molecular flexibility index (Phi) is 7.33. The Labute approximate surface area is 199 Å².